The fourth-order valence-corrected chi connectivity index (χ4v) is 4.09. The Kier molecular flexibility index (Phi) is 3.68. The molecule has 2 aliphatic rings. The largest absolute Gasteiger partial charge is 0.352 e. The summed E-state index contributed by atoms with van der Waals surface area (Å²) in [5.41, 5.74) is 8.80. The molecule has 1 amide bonds. The lowest BCUT2D eigenvalue weighted by atomic mass is 9.93. The quantitative estimate of drug-likeness (QED) is 0.733. The van der Waals surface area contributed by atoms with E-state index in [2.05, 4.69) is 54.7 Å². The summed E-state index contributed by atoms with van der Waals surface area (Å²) in [6, 6.07) is 20.8. The van der Waals surface area contributed by atoms with Gasteiger partial charge in [-0.05, 0) is 35.3 Å². The van der Waals surface area contributed by atoms with E-state index in [-0.39, 0.29) is 11.8 Å². The number of hydrogen-bond acceptors (Lipinski definition) is 2. The first kappa shape index (κ1) is 16.0. The second kappa shape index (κ2) is 6.20. The number of rotatable bonds is 2. The van der Waals surface area contributed by atoms with E-state index in [1.807, 2.05) is 24.3 Å². The van der Waals surface area contributed by atoms with E-state index in [0.717, 1.165) is 34.5 Å². The molecule has 0 unspecified atom stereocenters. The van der Waals surface area contributed by atoms with Crippen LogP contribution in [0.3, 0.4) is 0 Å². The normalized spacial score (nSPS) is 17.7. The van der Waals surface area contributed by atoms with E-state index in [0.29, 0.717) is 6.54 Å². The third-order valence-electron chi connectivity index (χ3n) is 5.47. The van der Waals surface area contributed by atoms with Crippen molar-refractivity contribution in [1.29, 1.82) is 0 Å². The molecular formula is C24H20N2O. The van der Waals surface area contributed by atoms with Gasteiger partial charge in [-0.25, -0.2) is 0 Å². The number of carbonyl (C=O) groups excluding carboxylic acids is 1. The van der Waals surface area contributed by atoms with Crippen molar-refractivity contribution >= 4 is 11.5 Å². The molecule has 132 valence electrons. The van der Waals surface area contributed by atoms with Gasteiger partial charge in [-0.3, -0.25) is 9.78 Å². The van der Waals surface area contributed by atoms with Crippen LogP contribution in [0.25, 0.3) is 16.8 Å². The van der Waals surface area contributed by atoms with Gasteiger partial charge in [0, 0.05) is 29.2 Å². The molecule has 1 aliphatic carbocycles. The molecule has 0 radical (unpaired) electrons. The first-order valence-corrected chi connectivity index (χ1v) is 9.41. The number of allylic oxidation sites excluding steroid dienone is 1. The summed E-state index contributed by atoms with van der Waals surface area (Å²) in [5.74, 6) is 0.309. The second-order valence-electron chi connectivity index (χ2n) is 7.24. The fraction of sp³-hybridized carbons (Fsp3) is 0.167. The first-order chi connectivity index (χ1) is 13.2. The fourth-order valence-electron chi connectivity index (χ4n) is 4.09. The lowest BCUT2D eigenvalue weighted by molar-refractivity contribution is 0.0946. The Morgan fingerprint density at radius 2 is 1.78 bits per heavy atom. The Hall–Kier alpha value is -3.20. The zero-order valence-electron chi connectivity index (χ0n) is 15.2. The van der Waals surface area contributed by atoms with E-state index in [1.165, 1.54) is 16.7 Å². The molecule has 0 spiro atoms. The molecule has 2 heterocycles. The van der Waals surface area contributed by atoms with E-state index >= 15 is 0 Å². The number of aromatic nitrogens is 1. The second-order valence-corrected chi connectivity index (χ2v) is 7.24. The van der Waals surface area contributed by atoms with Crippen molar-refractivity contribution in [1.82, 2.24) is 10.3 Å². The summed E-state index contributed by atoms with van der Waals surface area (Å²) in [6.45, 7) is 2.91. The maximum absolute atomic E-state index is 12.0. The average Bonchev–Trinajstić information content (AvgIpc) is 3.05. The minimum absolute atomic E-state index is 0.0335. The molecule has 0 bridgehead atoms. The summed E-state index contributed by atoms with van der Waals surface area (Å²) >= 11 is 0. The summed E-state index contributed by atoms with van der Waals surface area (Å²) in [5, 5.41) is 2.91. The van der Waals surface area contributed by atoms with E-state index in [9.17, 15) is 4.79 Å². The molecule has 0 saturated heterocycles. The highest BCUT2D eigenvalue weighted by atomic mass is 16.1. The van der Waals surface area contributed by atoms with Gasteiger partial charge in [0.05, 0.1) is 11.4 Å². The van der Waals surface area contributed by atoms with Crippen LogP contribution >= 0.6 is 0 Å². The van der Waals surface area contributed by atoms with Gasteiger partial charge >= 0.3 is 0 Å². The lowest BCUT2D eigenvalue weighted by Crippen LogP contribution is -2.31. The third-order valence-corrected chi connectivity index (χ3v) is 5.47. The average molecular weight is 352 g/mol. The zero-order valence-corrected chi connectivity index (χ0v) is 15.2. The predicted molar refractivity (Wildman–Crippen MR) is 108 cm³/mol. The van der Waals surface area contributed by atoms with Crippen molar-refractivity contribution in [2.75, 3.05) is 6.54 Å². The number of carbonyl (C=O) groups is 1. The summed E-state index contributed by atoms with van der Waals surface area (Å²) in [4.78, 5) is 17.0. The van der Waals surface area contributed by atoms with Crippen LogP contribution in [-0.2, 0) is 6.42 Å². The van der Waals surface area contributed by atoms with Crippen LogP contribution in [0.1, 0.15) is 45.6 Å². The summed E-state index contributed by atoms with van der Waals surface area (Å²) < 4.78 is 0. The molecular weight excluding hydrogens is 332 g/mol. The molecule has 0 saturated carbocycles. The zero-order chi connectivity index (χ0) is 18.4. The molecule has 3 nitrogen and oxygen atoms in total. The standard InChI is InChI=1S/C24H20N2O/c1-15-13-21(17-7-8-19-18(14-17)11-12-25-24(19)27)20-9-10-22(26-23(15)20)16-5-3-2-4-6-16/h2-10,13-15H,11-12H2,1H3,(H,25,27)/t15-/m0/s1. The van der Waals surface area contributed by atoms with Gasteiger partial charge in [0.2, 0.25) is 0 Å². The van der Waals surface area contributed by atoms with Crippen LogP contribution in [0.5, 0.6) is 0 Å². The number of benzene rings is 2. The van der Waals surface area contributed by atoms with Crippen molar-refractivity contribution in [3.05, 3.63) is 94.7 Å². The van der Waals surface area contributed by atoms with E-state index < -0.39 is 0 Å². The Morgan fingerprint density at radius 1 is 0.963 bits per heavy atom. The highest BCUT2D eigenvalue weighted by Crippen LogP contribution is 2.40. The van der Waals surface area contributed by atoms with Crippen molar-refractivity contribution < 1.29 is 4.79 Å². The predicted octanol–water partition coefficient (Wildman–Crippen LogP) is 4.58. The molecule has 1 aliphatic heterocycles. The maximum Gasteiger partial charge on any atom is 0.251 e. The Balaban J connectivity index is 1.56. The molecule has 1 N–H and O–H groups in total. The van der Waals surface area contributed by atoms with Crippen molar-refractivity contribution in [3.8, 4) is 11.3 Å². The molecule has 5 rings (SSSR count). The molecule has 27 heavy (non-hydrogen) atoms. The molecule has 3 aromatic rings. The molecule has 0 fully saturated rings. The number of nitrogens with one attached hydrogen (secondary N) is 1. The molecule has 2 aromatic carbocycles. The summed E-state index contributed by atoms with van der Waals surface area (Å²) in [6.07, 6.45) is 3.17. The Bertz CT molecular complexity index is 1080. The number of pyridine rings is 1. The van der Waals surface area contributed by atoms with Crippen molar-refractivity contribution in [2.45, 2.75) is 19.3 Å². The maximum atomic E-state index is 12.0. The third kappa shape index (κ3) is 2.67. The highest BCUT2D eigenvalue weighted by molar-refractivity contribution is 5.97. The summed E-state index contributed by atoms with van der Waals surface area (Å²) in [7, 11) is 0. The number of nitrogens with zero attached hydrogens (tertiary/aromatic N) is 1. The molecule has 1 atom stereocenters. The van der Waals surface area contributed by atoms with Crippen molar-refractivity contribution in [3.63, 3.8) is 0 Å². The first-order valence-electron chi connectivity index (χ1n) is 9.41. The van der Waals surface area contributed by atoms with Crippen LogP contribution in [0.2, 0.25) is 0 Å². The highest BCUT2D eigenvalue weighted by Gasteiger charge is 2.25. The van der Waals surface area contributed by atoms with Crippen molar-refractivity contribution in [2.24, 2.45) is 0 Å². The van der Waals surface area contributed by atoms with Crippen LogP contribution in [0, 0.1) is 0 Å². The van der Waals surface area contributed by atoms with Gasteiger partial charge in [-0.1, -0.05) is 61.5 Å². The SMILES string of the molecule is C[C@H]1C=C(c2ccc3c(c2)CCNC3=O)c2ccc(-c3ccccc3)nc21. The Labute approximate surface area is 158 Å². The van der Waals surface area contributed by atoms with Gasteiger partial charge in [-0.2, -0.15) is 0 Å². The van der Waals surface area contributed by atoms with Crippen LogP contribution < -0.4 is 5.32 Å². The van der Waals surface area contributed by atoms with Gasteiger partial charge in [0.1, 0.15) is 0 Å². The number of amides is 1. The van der Waals surface area contributed by atoms with Crippen LogP contribution in [0.15, 0.2) is 66.7 Å². The Morgan fingerprint density at radius 3 is 2.63 bits per heavy atom. The topological polar surface area (TPSA) is 42.0 Å². The molecule has 3 heteroatoms. The minimum Gasteiger partial charge on any atom is -0.352 e. The van der Waals surface area contributed by atoms with E-state index in [1.54, 1.807) is 0 Å². The van der Waals surface area contributed by atoms with Gasteiger partial charge in [-0.15, -0.1) is 0 Å². The minimum atomic E-state index is 0.0335. The number of fused-ring (bicyclic) bond motifs is 2. The van der Waals surface area contributed by atoms with Gasteiger partial charge < -0.3 is 5.32 Å². The smallest absolute Gasteiger partial charge is 0.251 e. The van der Waals surface area contributed by atoms with Crippen LogP contribution in [0.4, 0.5) is 0 Å². The monoisotopic (exact) mass is 352 g/mol. The van der Waals surface area contributed by atoms with Crippen LogP contribution in [-0.4, -0.2) is 17.4 Å². The van der Waals surface area contributed by atoms with E-state index in [4.69, 9.17) is 4.98 Å². The number of hydrogen-bond donors (Lipinski definition) is 1. The molecule has 1 aromatic heterocycles. The van der Waals surface area contributed by atoms with Gasteiger partial charge in [0.15, 0.2) is 0 Å². The lowest BCUT2D eigenvalue weighted by Gasteiger charge is -2.18. The van der Waals surface area contributed by atoms with Gasteiger partial charge in [0.25, 0.3) is 5.91 Å².